The Kier molecular flexibility index (Phi) is 4.73. The van der Waals surface area contributed by atoms with Gasteiger partial charge in [0.15, 0.2) is 0 Å². The van der Waals surface area contributed by atoms with Crippen LogP contribution in [0.5, 0.6) is 0 Å². The lowest BCUT2D eigenvalue weighted by molar-refractivity contribution is 0.588. The number of hydrogen-bond donors (Lipinski definition) is 0. The second-order valence-electron chi connectivity index (χ2n) is 5.20. The first kappa shape index (κ1) is 15.2. The van der Waals surface area contributed by atoms with E-state index in [1.807, 2.05) is 31.0 Å². The van der Waals surface area contributed by atoms with Crippen LogP contribution in [0.4, 0.5) is 10.1 Å². The smallest absolute Gasteiger partial charge is 0.101 e. The Bertz CT molecular complexity index is 626. The number of halogens is 1. The zero-order valence-electron chi connectivity index (χ0n) is 12.7. The fourth-order valence-electron chi connectivity index (χ4n) is 2.60. The van der Waals surface area contributed by atoms with E-state index >= 15 is 0 Å². The van der Waals surface area contributed by atoms with Crippen LogP contribution in [0.3, 0.4) is 0 Å². The summed E-state index contributed by atoms with van der Waals surface area (Å²) in [5, 5.41) is 0. The van der Waals surface area contributed by atoms with E-state index in [4.69, 9.17) is 0 Å². The number of aromatic nitrogens is 1. The molecule has 2 rings (SSSR count). The molecule has 0 N–H and O–H groups in total. The highest BCUT2D eigenvalue weighted by atomic mass is 19.1. The van der Waals surface area contributed by atoms with Crippen molar-refractivity contribution in [1.82, 2.24) is 4.98 Å². The molecule has 0 radical (unpaired) electrons. The number of anilines is 1. The Balaban J connectivity index is 2.46. The maximum Gasteiger partial charge on any atom is 0.101 e. The van der Waals surface area contributed by atoms with Gasteiger partial charge in [0.05, 0.1) is 11.4 Å². The molecule has 110 valence electrons. The molecule has 1 aromatic rings. The van der Waals surface area contributed by atoms with E-state index in [1.54, 1.807) is 12.3 Å². The second-order valence-corrected chi connectivity index (χ2v) is 5.20. The van der Waals surface area contributed by atoms with Crippen LogP contribution in [-0.2, 0) is 0 Å². The van der Waals surface area contributed by atoms with Crippen molar-refractivity contribution in [2.75, 3.05) is 11.4 Å². The van der Waals surface area contributed by atoms with Crippen LogP contribution in [-0.4, -0.2) is 11.5 Å². The third kappa shape index (κ3) is 3.30. The van der Waals surface area contributed by atoms with Crippen LogP contribution in [0.2, 0.25) is 0 Å². The minimum Gasteiger partial charge on any atom is -0.343 e. The molecule has 3 heteroatoms. The number of rotatable bonds is 5. The molecule has 0 aliphatic heterocycles. The van der Waals surface area contributed by atoms with Gasteiger partial charge >= 0.3 is 0 Å². The van der Waals surface area contributed by atoms with Crippen molar-refractivity contribution in [2.24, 2.45) is 0 Å². The monoisotopic (exact) mass is 284 g/mol. The molecule has 0 saturated heterocycles. The predicted octanol–water partition coefficient (Wildman–Crippen LogP) is 4.95. The highest BCUT2D eigenvalue weighted by Crippen LogP contribution is 2.33. The van der Waals surface area contributed by atoms with Crippen molar-refractivity contribution in [2.45, 2.75) is 26.7 Å². The molecule has 0 saturated carbocycles. The van der Waals surface area contributed by atoms with Gasteiger partial charge < -0.3 is 4.90 Å². The zero-order valence-corrected chi connectivity index (χ0v) is 12.7. The summed E-state index contributed by atoms with van der Waals surface area (Å²) in [5.74, 6) is -0.0454. The maximum atomic E-state index is 13.3. The minimum absolute atomic E-state index is 0.0454. The first-order valence-electron chi connectivity index (χ1n) is 7.09. The first-order valence-corrected chi connectivity index (χ1v) is 7.09. The third-order valence-electron chi connectivity index (χ3n) is 3.73. The van der Waals surface area contributed by atoms with Crippen molar-refractivity contribution in [3.8, 4) is 0 Å². The molecular formula is C18H21FN2. The SMILES string of the molecule is C=CCN(C=C)c1cc(C2=C(C)C=C(F)CC2)cnc1C. The Morgan fingerprint density at radius 1 is 1.33 bits per heavy atom. The highest BCUT2D eigenvalue weighted by Gasteiger charge is 2.15. The molecule has 0 atom stereocenters. The van der Waals surface area contributed by atoms with Crippen molar-refractivity contribution >= 4 is 11.3 Å². The lowest BCUT2D eigenvalue weighted by Gasteiger charge is -2.22. The third-order valence-corrected chi connectivity index (χ3v) is 3.73. The molecule has 0 bridgehead atoms. The van der Waals surface area contributed by atoms with Gasteiger partial charge in [0.1, 0.15) is 5.83 Å². The van der Waals surface area contributed by atoms with Gasteiger partial charge in [0.25, 0.3) is 0 Å². The lowest BCUT2D eigenvalue weighted by atomic mass is 9.92. The summed E-state index contributed by atoms with van der Waals surface area (Å²) < 4.78 is 13.3. The predicted molar refractivity (Wildman–Crippen MR) is 87.7 cm³/mol. The molecule has 1 aromatic heterocycles. The molecule has 1 aliphatic carbocycles. The molecule has 0 spiro atoms. The number of pyridine rings is 1. The number of hydrogen-bond acceptors (Lipinski definition) is 2. The number of nitrogens with zero attached hydrogens (tertiary/aromatic N) is 2. The van der Waals surface area contributed by atoms with Gasteiger partial charge in [-0.15, -0.1) is 6.58 Å². The Morgan fingerprint density at radius 2 is 2.10 bits per heavy atom. The average molecular weight is 284 g/mol. The Labute approximate surface area is 126 Å². The molecule has 0 unspecified atom stereocenters. The first-order chi connectivity index (χ1) is 10.1. The second kappa shape index (κ2) is 6.53. The maximum absolute atomic E-state index is 13.3. The summed E-state index contributed by atoms with van der Waals surface area (Å²) in [6.07, 6.45) is 8.27. The van der Waals surface area contributed by atoms with Crippen LogP contribution >= 0.6 is 0 Å². The molecule has 1 aliphatic rings. The van der Waals surface area contributed by atoms with Crippen molar-refractivity contribution in [1.29, 1.82) is 0 Å². The largest absolute Gasteiger partial charge is 0.343 e. The van der Waals surface area contributed by atoms with Gasteiger partial charge in [0.2, 0.25) is 0 Å². The number of aryl methyl sites for hydroxylation is 1. The van der Waals surface area contributed by atoms with E-state index in [0.29, 0.717) is 19.4 Å². The topological polar surface area (TPSA) is 16.1 Å². The molecule has 0 fully saturated rings. The molecule has 0 amide bonds. The summed E-state index contributed by atoms with van der Waals surface area (Å²) in [4.78, 5) is 6.49. The fraction of sp³-hybridized carbons (Fsp3) is 0.278. The molecule has 0 aromatic carbocycles. The summed E-state index contributed by atoms with van der Waals surface area (Å²) in [6, 6.07) is 2.10. The van der Waals surface area contributed by atoms with Crippen LogP contribution < -0.4 is 4.90 Å². The van der Waals surface area contributed by atoms with Gasteiger partial charge in [-0.05, 0) is 55.3 Å². The summed E-state index contributed by atoms with van der Waals surface area (Å²) in [7, 11) is 0. The van der Waals surface area contributed by atoms with E-state index in [2.05, 4.69) is 24.2 Å². The van der Waals surface area contributed by atoms with E-state index in [1.165, 1.54) is 0 Å². The number of allylic oxidation sites excluding steroid dienone is 4. The van der Waals surface area contributed by atoms with Crippen LogP contribution in [0, 0.1) is 6.92 Å². The van der Waals surface area contributed by atoms with Crippen LogP contribution in [0.1, 0.15) is 31.0 Å². The van der Waals surface area contributed by atoms with E-state index in [9.17, 15) is 4.39 Å². The Morgan fingerprint density at radius 3 is 2.71 bits per heavy atom. The van der Waals surface area contributed by atoms with Gasteiger partial charge in [0, 0.05) is 19.2 Å². The van der Waals surface area contributed by atoms with E-state index in [0.717, 1.165) is 28.1 Å². The fourth-order valence-corrected chi connectivity index (χ4v) is 2.60. The summed E-state index contributed by atoms with van der Waals surface area (Å²) in [5.41, 5.74) is 5.14. The summed E-state index contributed by atoms with van der Waals surface area (Å²) >= 11 is 0. The average Bonchev–Trinajstić information content (AvgIpc) is 2.46. The van der Waals surface area contributed by atoms with Gasteiger partial charge in [-0.2, -0.15) is 0 Å². The summed E-state index contributed by atoms with van der Waals surface area (Å²) in [6.45, 7) is 12.2. The quantitative estimate of drug-likeness (QED) is 0.711. The minimum atomic E-state index is -0.0454. The Hall–Kier alpha value is -2.16. The van der Waals surface area contributed by atoms with Crippen molar-refractivity contribution in [3.05, 3.63) is 66.4 Å². The van der Waals surface area contributed by atoms with Gasteiger partial charge in [-0.3, -0.25) is 4.98 Å². The zero-order chi connectivity index (χ0) is 15.4. The van der Waals surface area contributed by atoms with Gasteiger partial charge in [-0.1, -0.05) is 12.7 Å². The highest BCUT2D eigenvalue weighted by molar-refractivity contribution is 5.74. The van der Waals surface area contributed by atoms with Crippen LogP contribution in [0.15, 0.2) is 55.2 Å². The van der Waals surface area contributed by atoms with E-state index < -0.39 is 0 Å². The molecule has 21 heavy (non-hydrogen) atoms. The van der Waals surface area contributed by atoms with Crippen molar-refractivity contribution < 1.29 is 4.39 Å². The lowest BCUT2D eigenvalue weighted by Crippen LogP contribution is -2.17. The molecule has 1 heterocycles. The van der Waals surface area contributed by atoms with Crippen LogP contribution in [0.25, 0.3) is 5.57 Å². The van der Waals surface area contributed by atoms with Crippen molar-refractivity contribution in [3.63, 3.8) is 0 Å². The molecule has 2 nitrogen and oxygen atoms in total. The van der Waals surface area contributed by atoms with Gasteiger partial charge in [-0.25, -0.2) is 4.39 Å². The van der Waals surface area contributed by atoms with E-state index in [-0.39, 0.29) is 5.83 Å². The normalized spacial score (nSPS) is 14.7. The molecular weight excluding hydrogens is 263 g/mol. The standard InChI is InChI=1S/C18H21FN2/c1-5-9-21(6-2)18-11-15(12-20-14(18)4)17-8-7-16(19)10-13(17)3/h5-6,10-12H,1-2,7-9H2,3-4H3.